The largest absolute Gasteiger partial charge is 0.481 e. The topological polar surface area (TPSA) is 57.6 Å². The lowest BCUT2D eigenvalue weighted by molar-refractivity contribution is -0.142. The van der Waals surface area contributed by atoms with Crippen LogP contribution in [0.25, 0.3) is 0 Å². The van der Waals surface area contributed by atoms with Gasteiger partial charge in [-0.25, -0.2) is 4.39 Å². The molecule has 0 saturated carbocycles. The first-order valence-electron chi connectivity index (χ1n) is 5.87. The lowest BCUT2D eigenvalue weighted by Gasteiger charge is -2.16. The Hall–Kier alpha value is -1.18. The summed E-state index contributed by atoms with van der Waals surface area (Å²) in [6.07, 6.45) is 0. The molecule has 1 heterocycles. The molecule has 1 fully saturated rings. The Morgan fingerprint density at radius 1 is 1.42 bits per heavy atom. The maximum atomic E-state index is 13.2. The number of benzene rings is 1. The molecule has 1 aromatic rings. The van der Waals surface area contributed by atoms with E-state index in [0.717, 1.165) is 0 Å². The molecule has 0 bridgehead atoms. The number of nitrogens with zero attached hydrogens (tertiary/aromatic N) is 1. The van der Waals surface area contributed by atoms with Gasteiger partial charge in [0.15, 0.2) is 0 Å². The summed E-state index contributed by atoms with van der Waals surface area (Å²) in [4.78, 5) is 24.8. The molecule has 1 aliphatic heterocycles. The Labute approximate surface area is 123 Å². The van der Waals surface area contributed by atoms with Gasteiger partial charge in [0.25, 0.3) is 5.91 Å². The van der Waals surface area contributed by atoms with Crippen molar-refractivity contribution in [1.82, 2.24) is 4.90 Å². The van der Waals surface area contributed by atoms with Crippen molar-refractivity contribution in [3.05, 3.63) is 33.1 Å². The van der Waals surface area contributed by atoms with Gasteiger partial charge in [0, 0.05) is 16.7 Å². The predicted octanol–water partition coefficient (Wildman–Crippen LogP) is 2.22. The number of hydrogen-bond donors (Lipinski definition) is 1. The third-order valence-electron chi connectivity index (χ3n) is 3.38. The maximum absolute atomic E-state index is 13.2. The molecule has 6 heteroatoms. The normalized spacial score (nSPS) is 22.6. The molecule has 0 aromatic heterocycles. The van der Waals surface area contributed by atoms with Crippen LogP contribution >= 0.6 is 22.6 Å². The minimum Gasteiger partial charge on any atom is -0.481 e. The van der Waals surface area contributed by atoms with Crippen molar-refractivity contribution in [3.63, 3.8) is 0 Å². The molecule has 102 valence electrons. The SMILES string of the molecule is C[C@@H]1CN(C(=O)c2cc(F)ccc2I)C[C@H]1C(=O)O. The first kappa shape index (κ1) is 14.2. The van der Waals surface area contributed by atoms with Crippen molar-refractivity contribution in [2.75, 3.05) is 13.1 Å². The van der Waals surface area contributed by atoms with Crippen LogP contribution in [0.15, 0.2) is 18.2 Å². The van der Waals surface area contributed by atoms with Crippen LogP contribution in [0, 0.1) is 21.2 Å². The zero-order valence-electron chi connectivity index (χ0n) is 10.3. The van der Waals surface area contributed by atoms with Crippen LogP contribution in [-0.2, 0) is 4.79 Å². The lowest BCUT2D eigenvalue weighted by Crippen LogP contribution is -2.30. The Morgan fingerprint density at radius 3 is 2.68 bits per heavy atom. The molecule has 4 nitrogen and oxygen atoms in total. The van der Waals surface area contributed by atoms with Crippen molar-refractivity contribution in [1.29, 1.82) is 0 Å². The Balaban J connectivity index is 2.22. The Bertz CT molecular complexity index is 535. The van der Waals surface area contributed by atoms with Gasteiger partial charge < -0.3 is 10.0 Å². The average Bonchev–Trinajstić information content (AvgIpc) is 2.74. The molecule has 0 aliphatic carbocycles. The van der Waals surface area contributed by atoms with Crippen molar-refractivity contribution in [3.8, 4) is 0 Å². The molecule has 1 saturated heterocycles. The first-order chi connectivity index (χ1) is 8.90. The van der Waals surface area contributed by atoms with E-state index in [1.54, 1.807) is 0 Å². The molecule has 2 atom stereocenters. The highest BCUT2D eigenvalue weighted by molar-refractivity contribution is 14.1. The average molecular weight is 377 g/mol. The number of halogens is 2. The molecule has 2 rings (SSSR count). The highest BCUT2D eigenvalue weighted by atomic mass is 127. The van der Waals surface area contributed by atoms with Crippen LogP contribution in [0.3, 0.4) is 0 Å². The molecule has 1 amide bonds. The fourth-order valence-corrected chi connectivity index (χ4v) is 2.85. The van der Waals surface area contributed by atoms with Crippen molar-refractivity contribution >= 4 is 34.5 Å². The van der Waals surface area contributed by atoms with E-state index < -0.39 is 17.7 Å². The number of carbonyl (C=O) groups is 2. The van der Waals surface area contributed by atoms with Gasteiger partial charge in [-0.05, 0) is 46.7 Å². The third kappa shape index (κ3) is 2.88. The van der Waals surface area contributed by atoms with E-state index in [0.29, 0.717) is 15.7 Å². The van der Waals surface area contributed by atoms with E-state index >= 15 is 0 Å². The van der Waals surface area contributed by atoms with Crippen LogP contribution in [0.4, 0.5) is 4.39 Å². The minimum absolute atomic E-state index is 0.0901. The zero-order valence-corrected chi connectivity index (χ0v) is 12.4. The lowest BCUT2D eigenvalue weighted by atomic mass is 9.99. The minimum atomic E-state index is -0.892. The van der Waals surface area contributed by atoms with E-state index in [9.17, 15) is 14.0 Å². The molecular weight excluding hydrogens is 364 g/mol. The number of rotatable bonds is 2. The highest BCUT2D eigenvalue weighted by Gasteiger charge is 2.37. The smallest absolute Gasteiger partial charge is 0.308 e. The maximum Gasteiger partial charge on any atom is 0.308 e. The fraction of sp³-hybridized carbons (Fsp3) is 0.385. The van der Waals surface area contributed by atoms with Crippen LogP contribution in [0.2, 0.25) is 0 Å². The van der Waals surface area contributed by atoms with Gasteiger partial charge in [0.2, 0.25) is 0 Å². The summed E-state index contributed by atoms with van der Waals surface area (Å²) < 4.78 is 13.9. The molecular formula is C13H13FINO3. The summed E-state index contributed by atoms with van der Waals surface area (Å²) in [6.45, 7) is 2.38. The Kier molecular flexibility index (Phi) is 4.07. The van der Waals surface area contributed by atoms with Crippen LogP contribution < -0.4 is 0 Å². The van der Waals surface area contributed by atoms with Crippen molar-refractivity contribution < 1.29 is 19.1 Å². The van der Waals surface area contributed by atoms with E-state index in [1.165, 1.54) is 23.1 Å². The standard InChI is InChI=1S/C13H13FINO3/c1-7-5-16(6-10(7)13(18)19)12(17)9-4-8(14)2-3-11(9)15/h2-4,7,10H,5-6H2,1H3,(H,18,19)/t7-,10-/m1/s1. The van der Waals surface area contributed by atoms with Gasteiger partial charge in [-0.15, -0.1) is 0 Å². The van der Waals surface area contributed by atoms with E-state index in [-0.39, 0.29) is 18.4 Å². The number of aliphatic carboxylic acids is 1. The molecule has 1 aromatic carbocycles. The molecule has 19 heavy (non-hydrogen) atoms. The predicted molar refractivity (Wildman–Crippen MR) is 75.3 cm³/mol. The summed E-state index contributed by atoms with van der Waals surface area (Å²) in [5.74, 6) is -2.30. The molecule has 0 radical (unpaired) electrons. The molecule has 0 unspecified atom stereocenters. The van der Waals surface area contributed by atoms with Crippen molar-refractivity contribution in [2.45, 2.75) is 6.92 Å². The second-order valence-electron chi connectivity index (χ2n) is 4.76. The van der Waals surface area contributed by atoms with Crippen LogP contribution in [0.5, 0.6) is 0 Å². The van der Waals surface area contributed by atoms with Gasteiger partial charge in [0.05, 0.1) is 11.5 Å². The third-order valence-corrected chi connectivity index (χ3v) is 4.32. The highest BCUT2D eigenvalue weighted by Crippen LogP contribution is 2.26. The fourth-order valence-electron chi connectivity index (χ4n) is 2.29. The summed E-state index contributed by atoms with van der Waals surface area (Å²) in [6, 6.07) is 4.03. The van der Waals surface area contributed by atoms with E-state index in [1.807, 2.05) is 29.5 Å². The second-order valence-corrected chi connectivity index (χ2v) is 5.92. The van der Waals surface area contributed by atoms with Gasteiger partial charge in [0.1, 0.15) is 5.82 Å². The van der Waals surface area contributed by atoms with Gasteiger partial charge in [-0.3, -0.25) is 9.59 Å². The summed E-state index contributed by atoms with van der Waals surface area (Å²) in [5.41, 5.74) is 0.291. The van der Waals surface area contributed by atoms with Gasteiger partial charge >= 0.3 is 5.97 Å². The number of carboxylic acids is 1. The second kappa shape index (κ2) is 5.44. The van der Waals surface area contributed by atoms with E-state index in [2.05, 4.69) is 0 Å². The molecule has 1 N–H and O–H groups in total. The van der Waals surface area contributed by atoms with Crippen molar-refractivity contribution in [2.24, 2.45) is 11.8 Å². The number of carbonyl (C=O) groups excluding carboxylic acids is 1. The van der Waals surface area contributed by atoms with Gasteiger partial charge in [-0.1, -0.05) is 6.92 Å². The zero-order chi connectivity index (χ0) is 14.2. The van der Waals surface area contributed by atoms with Crippen LogP contribution in [-0.4, -0.2) is 35.0 Å². The number of hydrogen-bond acceptors (Lipinski definition) is 2. The quantitative estimate of drug-likeness (QED) is 0.805. The molecule has 0 spiro atoms. The Morgan fingerprint density at radius 2 is 2.11 bits per heavy atom. The monoisotopic (exact) mass is 377 g/mol. The number of amides is 1. The number of carboxylic acid groups (broad SMARTS) is 1. The van der Waals surface area contributed by atoms with Gasteiger partial charge in [-0.2, -0.15) is 0 Å². The number of likely N-dealkylation sites (tertiary alicyclic amines) is 1. The summed E-state index contributed by atoms with van der Waals surface area (Å²) in [7, 11) is 0. The van der Waals surface area contributed by atoms with Crippen LogP contribution in [0.1, 0.15) is 17.3 Å². The summed E-state index contributed by atoms with van der Waals surface area (Å²) >= 11 is 1.97. The van der Waals surface area contributed by atoms with E-state index in [4.69, 9.17) is 5.11 Å². The molecule has 1 aliphatic rings. The summed E-state index contributed by atoms with van der Waals surface area (Å²) in [5, 5.41) is 9.05. The first-order valence-corrected chi connectivity index (χ1v) is 6.95.